The van der Waals surface area contributed by atoms with Crippen LogP contribution in [0, 0.1) is 0 Å². The molecule has 0 aliphatic carbocycles. The normalized spacial score (nSPS) is 13.2. The van der Waals surface area contributed by atoms with Gasteiger partial charge in [-0.3, -0.25) is 0 Å². The summed E-state index contributed by atoms with van der Waals surface area (Å²) < 4.78 is 10.7. The standard InChI is InChI=1S/C13H29NO3S/c1-4-18-9-5-6-14-10-13(15)11-16-7-8-17-12(2)3/h12-15H,4-11H2,1-3H3. The highest BCUT2D eigenvalue weighted by atomic mass is 32.2. The molecule has 0 heterocycles. The third kappa shape index (κ3) is 14.3. The van der Waals surface area contributed by atoms with Crippen molar-refractivity contribution in [1.29, 1.82) is 0 Å². The van der Waals surface area contributed by atoms with Crippen LogP contribution in [0.1, 0.15) is 27.2 Å². The molecule has 110 valence electrons. The number of ether oxygens (including phenoxy) is 2. The van der Waals surface area contributed by atoms with E-state index >= 15 is 0 Å². The molecule has 5 heteroatoms. The van der Waals surface area contributed by atoms with E-state index < -0.39 is 6.10 Å². The van der Waals surface area contributed by atoms with Gasteiger partial charge in [-0.05, 0) is 38.3 Å². The molecule has 0 aromatic rings. The molecule has 4 nitrogen and oxygen atoms in total. The molecule has 0 saturated carbocycles. The van der Waals surface area contributed by atoms with E-state index in [0.29, 0.717) is 26.4 Å². The largest absolute Gasteiger partial charge is 0.389 e. The average Bonchev–Trinajstić information content (AvgIpc) is 2.33. The van der Waals surface area contributed by atoms with Crippen LogP contribution in [0.5, 0.6) is 0 Å². The molecule has 0 amide bonds. The molecule has 2 N–H and O–H groups in total. The molecule has 0 fully saturated rings. The smallest absolute Gasteiger partial charge is 0.0897 e. The van der Waals surface area contributed by atoms with E-state index in [1.54, 1.807) is 0 Å². The zero-order valence-corrected chi connectivity index (χ0v) is 12.8. The second-order valence-corrected chi connectivity index (χ2v) is 5.80. The Morgan fingerprint density at radius 1 is 1.28 bits per heavy atom. The molecule has 0 radical (unpaired) electrons. The molecule has 0 saturated heterocycles. The van der Waals surface area contributed by atoms with Crippen molar-refractivity contribution in [2.75, 3.05) is 44.4 Å². The Bertz CT molecular complexity index is 170. The van der Waals surface area contributed by atoms with Gasteiger partial charge in [0, 0.05) is 6.54 Å². The predicted octanol–water partition coefficient (Wildman–Crippen LogP) is 1.52. The molecule has 0 aromatic carbocycles. The molecular weight excluding hydrogens is 250 g/mol. The van der Waals surface area contributed by atoms with Crippen LogP contribution in [0.15, 0.2) is 0 Å². The second kappa shape index (κ2) is 13.6. The fourth-order valence-corrected chi connectivity index (χ4v) is 1.97. The van der Waals surface area contributed by atoms with Crippen molar-refractivity contribution >= 4 is 11.8 Å². The van der Waals surface area contributed by atoms with Gasteiger partial charge in [-0.2, -0.15) is 11.8 Å². The van der Waals surface area contributed by atoms with Gasteiger partial charge < -0.3 is 19.9 Å². The number of hydrogen-bond acceptors (Lipinski definition) is 5. The van der Waals surface area contributed by atoms with Crippen molar-refractivity contribution in [2.45, 2.75) is 39.4 Å². The van der Waals surface area contributed by atoms with Crippen molar-refractivity contribution in [3.8, 4) is 0 Å². The lowest BCUT2D eigenvalue weighted by atomic mass is 10.3. The third-order valence-corrected chi connectivity index (χ3v) is 3.20. The number of nitrogens with one attached hydrogen (secondary N) is 1. The first-order chi connectivity index (χ1) is 8.66. The Labute approximate surface area is 116 Å². The highest BCUT2D eigenvalue weighted by Gasteiger charge is 2.03. The molecule has 1 unspecified atom stereocenters. The van der Waals surface area contributed by atoms with Crippen molar-refractivity contribution in [3.63, 3.8) is 0 Å². The third-order valence-electron chi connectivity index (χ3n) is 2.22. The van der Waals surface area contributed by atoms with Crippen molar-refractivity contribution in [1.82, 2.24) is 5.32 Å². The Morgan fingerprint density at radius 3 is 2.72 bits per heavy atom. The summed E-state index contributed by atoms with van der Waals surface area (Å²) in [5.74, 6) is 2.36. The Morgan fingerprint density at radius 2 is 2.06 bits per heavy atom. The van der Waals surface area contributed by atoms with Crippen LogP contribution >= 0.6 is 11.8 Å². The molecular formula is C13H29NO3S. The average molecular weight is 279 g/mol. The van der Waals surface area contributed by atoms with Gasteiger partial charge in [0.05, 0.1) is 32.0 Å². The summed E-state index contributed by atoms with van der Waals surface area (Å²) in [4.78, 5) is 0. The van der Waals surface area contributed by atoms with Crippen LogP contribution in [-0.2, 0) is 9.47 Å². The van der Waals surface area contributed by atoms with Gasteiger partial charge in [-0.1, -0.05) is 6.92 Å². The van der Waals surface area contributed by atoms with E-state index in [1.807, 2.05) is 25.6 Å². The van der Waals surface area contributed by atoms with E-state index in [4.69, 9.17) is 9.47 Å². The number of aliphatic hydroxyl groups is 1. The molecule has 18 heavy (non-hydrogen) atoms. The first-order valence-corrected chi connectivity index (χ1v) is 7.98. The van der Waals surface area contributed by atoms with E-state index in [0.717, 1.165) is 13.0 Å². The fourth-order valence-electron chi connectivity index (χ4n) is 1.33. The summed E-state index contributed by atoms with van der Waals surface area (Å²) in [5.41, 5.74) is 0. The quantitative estimate of drug-likeness (QED) is 0.501. The van der Waals surface area contributed by atoms with Gasteiger partial charge in [-0.15, -0.1) is 0 Å². The number of rotatable bonds is 13. The van der Waals surface area contributed by atoms with Gasteiger partial charge in [0.2, 0.25) is 0 Å². The number of aliphatic hydroxyl groups excluding tert-OH is 1. The number of hydrogen-bond donors (Lipinski definition) is 2. The summed E-state index contributed by atoms with van der Waals surface area (Å²) in [7, 11) is 0. The highest BCUT2D eigenvalue weighted by Crippen LogP contribution is 1.99. The maximum atomic E-state index is 9.63. The SMILES string of the molecule is CCSCCCNCC(O)COCCOC(C)C. The summed E-state index contributed by atoms with van der Waals surface area (Å²) in [5, 5.41) is 12.9. The van der Waals surface area contributed by atoms with E-state index in [2.05, 4.69) is 12.2 Å². The van der Waals surface area contributed by atoms with Crippen LogP contribution in [0.2, 0.25) is 0 Å². The lowest BCUT2D eigenvalue weighted by Gasteiger charge is -2.13. The van der Waals surface area contributed by atoms with Crippen LogP contribution in [-0.4, -0.2) is 61.7 Å². The Balaban J connectivity index is 3.15. The lowest BCUT2D eigenvalue weighted by Crippen LogP contribution is -2.31. The minimum Gasteiger partial charge on any atom is -0.389 e. The minimum atomic E-state index is -0.428. The Hall–Kier alpha value is 0.190. The van der Waals surface area contributed by atoms with Crippen LogP contribution < -0.4 is 5.32 Å². The zero-order chi connectivity index (χ0) is 13.6. The highest BCUT2D eigenvalue weighted by molar-refractivity contribution is 7.99. The van der Waals surface area contributed by atoms with E-state index in [9.17, 15) is 5.11 Å². The predicted molar refractivity (Wildman–Crippen MR) is 78.4 cm³/mol. The topological polar surface area (TPSA) is 50.7 Å². The first kappa shape index (κ1) is 18.2. The second-order valence-electron chi connectivity index (χ2n) is 4.40. The fraction of sp³-hybridized carbons (Fsp3) is 1.00. The van der Waals surface area contributed by atoms with E-state index in [-0.39, 0.29) is 6.10 Å². The van der Waals surface area contributed by atoms with Crippen LogP contribution in [0.3, 0.4) is 0 Å². The summed E-state index contributed by atoms with van der Waals surface area (Å²) in [6.45, 7) is 9.22. The molecule has 1 atom stereocenters. The van der Waals surface area contributed by atoms with Gasteiger partial charge >= 0.3 is 0 Å². The lowest BCUT2D eigenvalue weighted by molar-refractivity contribution is -0.00990. The molecule has 0 aliphatic rings. The van der Waals surface area contributed by atoms with Gasteiger partial charge in [0.25, 0.3) is 0 Å². The van der Waals surface area contributed by atoms with Crippen LogP contribution in [0.25, 0.3) is 0 Å². The van der Waals surface area contributed by atoms with Crippen molar-refractivity contribution < 1.29 is 14.6 Å². The van der Waals surface area contributed by atoms with Gasteiger partial charge in [-0.25, -0.2) is 0 Å². The van der Waals surface area contributed by atoms with Crippen LogP contribution in [0.4, 0.5) is 0 Å². The van der Waals surface area contributed by atoms with Crippen molar-refractivity contribution in [3.05, 3.63) is 0 Å². The number of thioether (sulfide) groups is 1. The minimum absolute atomic E-state index is 0.237. The monoisotopic (exact) mass is 279 g/mol. The zero-order valence-electron chi connectivity index (χ0n) is 12.0. The molecule has 0 bridgehead atoms. The molecule has 0 spiro atoms. The summed E-state index contributed by atoms with van der Waals surface area (Å²) in [6, 6.07) is 0. The first-order valence-electron chi connectivity index (χ1n) is 6.82. The van der Waals surface area contributed by atoms with E-state index in [1.165, 1.54) is 11.5 Å². The van der Waals surface area contributed by atoms with Gasteiger partial charge in [0.1, 0.15) is 0 Å². The van der Waals surface area contributed by atoms with Gasteiger partial charge in [0.15, 0.2) is 0 Å². The van der Waals surface area contributed by atoms with Crippen molar-refractivity contribution in [2.24, 2.45) is 0 Å². The molecule has 0 aromatic heterocycles. The Kier molecular flexibility index (Phi) is 13.8. The molecule has 0 aliphatic heterocycles. The summed E-state index contributed by atoms with van der Waals surface area (Å²) in [6.07, 6.45) is 0.956. The molecule has 0 rings (SSSR count). The maximum Gasteiger partial charge on any atom is 0.0897 e. The summed E-state index contributed by atoms with van der Waals surface area (Å²) >= 11 is 1.95. The maximum absolute atomic E-state index is 9.63.